The van der Waals surface area contributed by atoms with Crippen LogP contribution in [0.4, 0.5) is 0 Å². The van der Waals surface area contributed by atoms with E-state index in [1.54, 1.807) is 0 Å². The molecule has 1 aliphatic carbocycles. The van der Waals surface area contributed by atoms with Crippen LogP contribution in [0.3, 0.4) is 0 Å². The molecule has 2 atom stereocenters. The maximum atomic E-state index is 11.8. The summed E-state index contributed by atoms with van der Waals surface area (Å²) in [7, 11) is 8.24. The van der Waals surface area contributed by atoms with Crippen LogP contribution in [0, 0.1) is 5.92 Å². The number of nitrogens with two attached hydrogens (primary N) is 1. The van der Waals surface area contributed by atoms with Gasteiger partial charge in [0.2, 0.25) is 5.91 Å². The van der Waals surface area contributed by atoms with Gasteiger partial charge in [0.05, 0.1) is 0 Å². The van der Waals surface area contributed by atoms with Gasteiger partial charge in [-0.15, -0.1) is 0 Å². The molecule has 1 saturated carbocycles. The number of nitrogens with one attached hydrogen (secondary N) is 1. The normalized spacial score (nSPS) is 26.6. The number of hydrogen-bond acceptors (Lipinski definition) is 4. The maximum absolute atomic E-state index is 11.8. The zero-order valence-electron chi connectivity index (χ0n) is 13.6. The Morgan fingerprint density at radius 2 is 2.00 bits per heavy atom. The summed E-state index contributed by atoms with van der Waals surface area (Å²) in [5.41, 5.74) is 5.17. The lowest BCUT2D eigenvalue weighted by atomic mass is 9.84. The van der Waals surface area contributed by atoms with Gasteiger partial charge in [0.25, 0.3) is 0 Å². The van der Waals surface area contributed by atoms with Crippen molar-refractivity contribution in [2.45, 2.75) is 37.6 Å². The van der Waals surface area contributed by atoms with Gasteiger partial charge in [-0.3, -0.25) is 4.79 Å². The van der Waals surface area contributed by atoms with E-state index in [1.165, 1.54) is 6.42 Å². The quantitative estimate of drug-likeness (QED) is 0.647. The fraction of sp³-hybridized carbons (Fsp3) is 0.933. The largest absolute Gasteiger partial charge is 0.368 e. The van der Waals surface area contributed by atoms with Gasteiger partial charge in [0.1, 0.15) is 5.54 Å². The average Bonchev–Trinajstić information content (AvgIpc) is 2.80. The summed E-state index contributed by atoms with van der Waals surface area (Å²) in [5.74, 6) is 0.194. The van der Waals surface area contributed by atoms with Gasteiger partial charge in [-0.2, -0.15) is 0 Å². The molecule has 0 radical (unpaired) electrons. The van der Waals surface area contributed by atoms with Crippen molar-refractivity contribution in [3.8, 4) is 0 Å². The molecule has 2 unspecified atom stereocenters. The smallest absolute Gasteiger partial charge is 0.238 e. The molecule has 1 rings (SSSR count). The predicted molar refractivity (Wildman–Crippen MR) is 83.6 cm³/mol. The summed E-state index contributed by atoms with van der Waals surface area (Å²) < 4.78 is 0. The highest BCUT2D eigenvalue weighted by Gasteiger charge is 2.46. The highest BCUT2D eigenvalue weighted by atomic mass is 16.1. The molecule has 1 amide bonds. The van der Waals surface area contributed by atoms with Crippen molar-refractivity contribution >= 4 is 5.91 Å². The van der Waals surface area contributed by atoms with Gasteiger partial charge in [0, 0.05) is 0 Å². The molecule has 0 spiro atoms. The van der Waals surface area contributed by atoms with Crippen LogP contribution in [-0.2, 0) is 4.79 Å². The van der Waals surface area contributed by atoms with Crippen LogP contribution in [0.5, 0.6) is 0 Å². The predicted octanol–water partition coefficient (Wildman–Crippen LogP) is 0.504. The molecule has 0 aromatic carbocycles. The SMILES string of the molecule is CNC1(C(N)=O)CCCC1CCN(C)CCCN(C)C. The molecule has 20 heavy (non-hydrogen) atoms. The minimum atomic E-state index is -0.468. The van der Waals surface area contributed by atoms with E-state index < -0.39 is 5.54 Å². The highest BCUT2D eigenvalue weighted by molar-refractivity contribution is 5.85. The number of nitrogens with zero attached hydrogens (tertiary/aromatic N) is 2. The second-order valence-electron chi connectivity index (χ2n) is 6.42. The topological polar surface area (TPSA) is 61.6 Å². The standard InChI is InChI=1S/C15H32N4O/c1-17-15(14(16)20)9-5-7-13(15)8-12-19(4)11-6-10-18(2)3/h13,17H,5-12H2,1-4H3,(H2,16,20). The van der Waals surface area contributed by atoms with Crippen molar-refractivity contribution in [2.24, 2.45) is 11.7 Å². The molecule has 0 aromatic heterocycles. The Hall–Kier alpha value is -0.650. The molecule has 118 valence electrons. The first-order valence-electron chi connectivity index (χ1n) is 7.74. The highest BCUT2D eigenvalue weighted by Crippen LogP contribution is 2.37. The number of hydrogen-bond donors (Lipinski definition) is 2. The zero-order valence-corrected chi connectivity index (χ0v) is 13.6. The van der Waals surface area contributed by atoms with E-state index in [0.29, 0.717) is 5.92 Å². The lowest BCUT2D eigenvalue weighted by molar-refractivity contribution is -0.125. The third-order valence-electron chi connectivity index (χ3n) is 4.71. The molecular weight excluding hydrogens is 252 g/mol. The fourth-order valence-electron chi connectivity index (χ4n) is 3.39. The van der Waals surface area contributed by atoms with E-state index in [0.717, 1.165) is 45.3 Å². The van der Waals surface area contributed by atoms with E-state index >= 15 is 0 Å². The first-order valence-corrected chi connectivity index (χ1v) is 7.74. The number of amides is 1. The first-order chi connectivity index (χ1) is 9.42. The Balaban J connectivity index is 2.38. The molecule has 3 N–H and O–H groups in total. The lowest BCUT2D eigenvalue weighted by Crippen LogP contribution is -2.56. The summed E-state index contributed by atoms with van der Waals surface area (Å²) in [5, 5.41) is 3.21. The summed E-state index contributed by atoms with van der Waals surface area (Å²) in [4.78, 5) is 16.4. The second kappa shape index (κ2) is 7.96. The maximum Gasteiger partial charge on any atom is 0.238 e. The van der Waals surface area contributed by atoms with Crippen molar-refractivity contribution in [1.82, 2.24) is 15.1 Å². The van der Waals surface area contributed by atoms with Gasteiger partial charge in [-0.25, -0.2) is 0 Å². The monoisotopic (exact) mass is 284 g/mol. The molecular formula is C15H32N4O. The van der Waals surface area contributed by atoms with Crippen LogP contribution in [0.2, 0.25) is 0 Å². The van der Waals surface area contributed by atoms with Gasteiger partial charge < -0.3 is 20.9 Å². The molecule has 0 aliphatic heterocycles. The zero-order chi connectivity index (χ0) is 15.2. The van der Waals surface area contributed by atoms with Crippen LogP contribution in [0.25, 0.3) is 0 Å². The molecule has 1 fully saturated rings. The van der Waals surface area contributed by atoms with Crippen LogP contribution in [0.15, 0.2) is 0 Å². The molecule has 5 heteroatoms. The Morgan fingerprint density at radius 3 is 2.55 bits per heavy atom. The van der Waals surface area contributed by atoms with Crippen molar-refractivity contribution in [3.05, 3.63) is 0 Å². The molecule has 0 saturated heterocycles. The van der Waals surface area contributed by atoms with E-state index in [4.69, 9.17) is 5.73 Å². The van der Waals surface area contributed by atoms with Crippen LogP contribution < -0.4 is 11.1 Å². The average molecular weight is 284 g/mol. The van der Waals surface area contributed by atoms with E-state index in [1.807, 2.05) is 7.05 Å². The van der Waals surface area contributed by atoms with Crippen LogP contribution >= 0.6 is 0 Å². The number of primary amides is 1. The summed E-state index contributed by atoms with van der Waals surface area (Å²) in [6, 6.07) is 0. The molecule has 0 aromatic rings. The summed E-state index contributed by atoms with van der Waals surface area (Å²) in [6.45, 7) is 3.26. The van der Waals surface area contributed by atoms with Crippen LogP contribution in [0.1, 0.15) is 32.1 Å². The van der Waals surface area contributed by atoms with E-state index in [-0.39, 0.29) is 5.91 Å². The number of carbonyl (C=O) groups is 1. The van der Waals surface area contributed by atoms with E-state index in [9.17, 15) is 4.79 Å². The van der Waals surface area contributed by atoms with Crippen LogP contribution in [-0.4, -0.2) is 69.1 Å². The van der Waals surface area contributed by atoms with Crippen molar-refractivity contribution in [1.29, 1.82) is 0 Å². The molecule has 5 nitrogen and oxygen atoms in total. The Labute approximate surface area is 123 Å². The Morgan fingerprint density at radius 1 is 1.30 bits per heavy atom. The second-order valence-corrected chi connectivity index (χ2v) is 6.42. The minimum Gasteiger partial charge on any atom is -0.368 e. The number of likely N-dealkylation sites (N-methyl/N-ethyl adjacent to an activating group) is 1. The van der Waals surface area contributed by atoms with E-state index in [2.05, 4.69) is 36.3 Å². The number of carbonyl (C=O) groups excluding carboxylic acids is 1. The minimum absolute atomic E-state index is 0.183. The molecule has 0 heterocycles. The Kier molecular flexibility index (Phi) is 6.92. The first kappa shape index (κ1) is 17.4. The van der Waals surface area contributed by atoms with Gasteiger partial charge in [0.15, 0.2) is 0 Å². The molecule has 1 aliphatic rings. The molecule has 0 bridgehead atoms. The third-order valence-corrected chi connectivity index (χ3v) is 4.71. The third kappa shape index (κ3) is 4.43. The van der Waals surface area contributed by atoms with Crippen molar-refractivity contribution in [3.63, 3.8) is 0 Å². The number of rotatable bonds is 9. The lowest BCUT2D eigenvalue weighted by Gasteiger charge is -2.33. The van der Waals surface area contributed by atoms with Crippen molar-refractivity contribution in [2.75, 3.05) is 47.8 Å². The van der Waals surface area contributed by atoms with Gasteiger partial charge in [-0.05, 0) is 79.4 Å². The fourth-order valence-corrected chi connectivity index (χ4v) is 3.39. The van der Waals surface area contributed by atoms with Gasteiger partial charge >= 0.3 is 0 Å². The summed E-state index contributed by atoms with van der Waals surface area (Å²) in [6.07, 6.45) is 5.31. The Bertz CT molecular complexity index is 308. The van der Waals surface area contributed by atoms with Crippen molar-refractivity contribution < 1.29 is 4.79 Å². The summed E-state index contributed by atoms with van der Waals surface area (Å²) >= 11 is 0. The van der Waals surface area contributed by atoms with Gasteiger partial charge in [-0.1, -0.05) is 6.42 Å².